The molecule has 36 nitrogen and oxygen atoms in total. The van der Waals surface area contributed by atoms with E-state index >= 15 is 0 Å². The highest BCUT2D eigenvalue weighted by molar-refractivity contribution is 5.73. The molecular formula is C45H76N2O34. The maximum atomic E-state index is 12.9. The molecule has 7 saturated heterocycles. The molecule has 0 aromatic rings. The number of ether oxygens (including phenoxy) is 13. The number of rotatable bonds is 19. The largest absolute Gasteiger partial charge is 0.394 e. The first-order chi connectivity index (χ1) is 38.3. The summed E-state index contributed by atoms with van der Waals surface area (Å²) in [6.45, 7) is -2.19. The second-order valence-corrected chi connectivity index (χ2v) is 20.6. The summed E-state index contributed by atoms with van der Waals surface area (Å²) in [5, 5.41) is 209. The summed E-state index contributed by atoms with van der Waals surface area (Å²) in [5.41, 5.74) is 0. The monoisotopic (exact) mass is 1190 g/mol. The number of hydrogen-bond acceptors (Lipinski definition) is 34. The standard InChI is InChI=1S/C45H76N2O34/c1-10-21(55)27(61)31(65)43(71-10)79-36-20(47-12(3)53)39(68)72-17(7-51)35(36)78-40-19(46-11(2)52)26(60)34(16(6-50)75-40)77-45-38(81-41-30(64)22(56)13(54)8-69-41)29(63)24(58)18(76-45)9-70-42-33(67)37(25(59)15(5-49)73-42)80-44-32(66)28(62)23(57)14(4-48)74-44/h10,13-45,48-51,54-68H,4-9H2,1-3H3,(H,46,52)(H,47,53)/t10-,13+,14+,15+,16+,17+,18+,19+,20+,21+,22-,23+,24+,25+,26+,27+,28-,29-,30+,31-,32-,33-,34+,35+,36+,37-,38-,39+,40-,41-,42-,43-,44+,45-/m0/s1. The molecule has 0 saturated carbocycles. The summed E-state index contributed by atoms with van der Waals surface area (Å²) in [4.78, 5) is 25.4. The molecule has 34 atom stereocenters. The zero-order valence-corrected chi connectivity index (χ0v) is 43.5. The summed E-state index contributed by atoms with van der Waals surface area (Å²) in [7, 11) is 0. The van der Waals surface area contributed by atoms with Gasteiger partial charge in [-0.25, -0.2) is 0 Å². The predicted octanol–water partition coefficient (Wildman–Crippen LogP) is -14.3. The highest BCUT2D eigenvalue weighted by Crippen LogP contribution is 2.37. The van der Waals surface area contributed by atoms with Crippen molar-refractivity contribution in [2.75, 3.05) is 39.6 Å². The van der Waals surface area contributed by atoms with Gasteiger partial charge in [0.25, 0.3) is 0 Å². The van der Waals surface area contributed by atoms with Gasteiger partial charge in [-0.3, -0.25) is 9.59 Å². The van der Waals surface area contributed by atoms with E-state index in [-0.39, 0.29) is 0 Å². The Hall–Kier alpha value is -2.34. The van der Waals surface area contributed by atoms with Gasteiger partial charge in [0, 0.05) is 13.8 Å². The topological polar surface area (TPSA) is 563 Å². The second-order valence-electron chi connectivity index (χ2n) is 20.6. The minimum absolute atomic E-state index is 0.648. The van der Waals surface area contributed by atoms with E-state index in [0.717, 1.165) is 13.8 Å². The molecule has 81 heavy (non-hydrogen) atoms. The lowest BCUT2D eigenvalue weighted by Crippen LogP contribution is -2.71. The quantitative estimate of drug-likeness (QED) is 0.0571. The molecule has 0 aromatic heterocycles. The van der Waals surface area contributed by atoms with Crippen LogP contribution in [0.15, 0.2) is 0 Å². The maximum absolute atomic E-state index is 12.9. The van der Waals surface area contributed by atoms with Crippen LogP contribution in [0.1, 0.15) is 20.8 Å². The van der Waals surface area contributed by atoms with E-state index in [0.29, 0.717) is 0 Å². The fourth-order valence-electron chi connectivity index (χ4n) is 10.3. The van der Waals surface area contributed by atoms with Crippen molar-refractivity contribution in [3.05, 3.63) is 0 Å². The molecule has 0 radical (unpaired) electrons. The van der Waals surface area contributed by atoms with Crippen LogP contribution in [0.3, 0.4) is 0 Å². The van der Waals surface area contributed by atoms with E-state index in [2.05, 4.69) is 10.6 Å². The highest BCUT2D eigenvalue weighted by atomic mass is 16.8. The Bertz CT molecular complexity index is 1990. The maximum Gasteiger partial charge on any atom is 0.217 e. The predicted molar refractivity (Wildman–Crippen MR) is 248 cm³/mol. The molecule has 2 amide bonds. The molecule has 470 valence electrons. The summed E-state index contributed by atoms with van der Waals surface area (Å²) in [6.07, 6.45) is -60.3. The summed E-state index contributed by atoms with van der Waals surface area (Å²) >= 11 is 0. The van der Waals surface area contributed by atoms with Gasteiger partial charge >= 0.3 is 0 Å². The number of aliphatic hydroxyl groups excluding tert-OH is 19. The fraction of sp³-hybridized carbons (Fsp3) is 0.956. The van der Waals surface area contributed by atoms with Gasteiger partial charge < -0.3 is 169 Å². The number of aliphatic hydroxyl groups is 19. The van der Waals surface area contributed by atoms with Gasteiger partial charge in [-0.05, 0) is 6.92 Å². The van der Waals surface area contributed by atoms with Crippen LogP contribution in [-0.4, -0.2) is 357 Å². The highest BCUT2D eigenvalue weighted by Gasteiger charge is 2.58. The van der Waals surface area contributed by atoms with Crippen molar-refractivity contribution in [2.24, 2.45) is 0 Å². The Balaban J connectivity index is 1.15. The molecule has 7 aliphatic rings. The van der Waals surface area contributed by atoms with Gasteiger partial charge in [0.1, 0.15) is 159 Å². The third kappa shape index (κ3) is 14.4. The van der Waals surface area contributed by atoms with Crippen molar-refractivity contribution in [2.45, 2.75) is 229 Å². The van der Waals surface area contributed by atoms with E-state index in [1.165, 1.54) is 6.92 Å². The first-order valence-electron chi connectivity index (χ1n) is 25.9. The minimum atomic E-state index is -2.23. The van der Waals surface area contributed by atoms with Crippen molar-refractivity contribution >= 4 is 11.8 Å². The van der Waals surface area contributed by atoms with E-state index in [9.17, 15) is 107 Å². The molecular weight excluding hydrogens is 1110 g/mol. The minimum Gasteiger partial charge on any atom is -0.394 e. The third-order valence-electron chi connectivity index (χ3n) is 14.9. The molecule has 21 N–H and O–H groups in total. The number of carbonyl (C=O) groups is 2. The molecule has 7 fully saturated rings. The van der Waals surface area contributed by atoms with E-state index < -0.39 is 260 Å². The van der Waals surface area contributed by atoms with Gasteiger partial charge in [-0.15, -0.1) is 0 Å². The zero-order chi connectivity index (χ0) is 59.6. The van der Waals surface area contributed by atoms with Gasteiger partial charge in [0.05, 0.1) is 45.7 Å². The number of amides is 2. The van der Waals surface area contributed by atoms with Crippen LogP contribution in [-0.2, 0) is 71.2 Å². The molecule has 0 aliphatic carbocycles. The van der Waals surface area contributed by atoms with E-state index in [1.54, 1.807) is 0 Å². The van der Waals surface area contributed by atoms with Gasteiger partial charge in [0.15, 0.2) is 44.0 Å². The average Bonchev–Trinajstić information content (AvgIpc) is 3.55. The second kappa shape index (κ2) is 28.4. The van der Waals surface area contributed by atoms with Crippen molar-refractivity contribution in [3.8, 4) is 0 Å². The van der Waals surface area contributed by atoms with Crippen molar-refractivity contribution in [1.29, 1.82) is 0 Å². The molecule has 0 aromatic carbocycles. The van der Waals surface area contributed by atoms with E-state index in [4.69, 9.17) is 61.6 Å². The van der Waals surface area contributed by atoms with Gasteiger partial charge in [0.2, 0.25) is 11.8 Å². The Morgan fingerprint density at radius 2 is 0.864 bits per heavy atom. The normalized spacial score (nSPS) is 50.8. The Morgan fingerprint density at radius 3 is 1.48 bits per heavy atom. The van der Waals surface area contributed by atoms with Crippen LogP contribution in [0.4, 0.5) is 0 Å². The summed E-state index contributed by atoms with van der Waals surface area (Å²) < 4.78 is 75.2. The average molecular weight is 1190 g/mol. The molecule has 0 bridgehead atoms. The van der Waals surface area contributed by atoms with Crippen molar-refractivity contribution in [3.63, 3.8) is 0 Å². The lowest BCUT2D eigenvalue weighted by atomic mass is 9.93. The van der Waals surface area contributed by atoms with Crippen LogP contribution in [0.2, 0.25) is 0 Å². The molecule has 0 unspecified atom stereocenters. The number of carbonyl (C=O) groups excluding carboxylic acids is 2. The van der Waals surface area contributed by atoms with Crippen LogP contribution in [0.25, 0.3) is 0 Å². The van der Waals surface area contributed by atoms with Crippen LogP contribution in [0.5, 0.6) is 0 Å². The number of hydrogen-bond donors (Lipinski definition) is 21. The molecule has 0 spiro atoms. The Labute approximate surface area is 459 Å². The zero-order valence-electron chi connectivity index (χ0n) is 43.5. The van der Waals surface area contributed by atoms with Crippen LogP contribution in [0, 0.1) is 0 Å². The molecule has 7 heterocycles. The lowest BCUT2D eigenvalue weighted by molar-refractivity contribution is -0.391. The molecule has 7 rings (SSSR count). The number of nitrogens with one attached hydrogen (secondary N) is 2. The Kier molecular flexibility index (Phi) is 23.2. The summed E-state index contributed by atoms with van der Waals surface area (Å²) in [5.74, 6) is -1.66. The van der Waals surface area contributed by atoms with E-state index in [1.807, 2.05) is 0 Å². The third-order valence-corrected chi connectivity index (χ3v) is 14.9. The van der Waals surface area contributed by atoms with Gasteiger partial charge in [-0.1, -0.05) is 0 Å². The molecule has 36 heteroatoms. The first-order valence-corrected chi connectivity index (χ1v) is 25.9. The van der Waals surface area contributed by atoms with Crippen LogP contribution < -0.4 is 10.6 Å². The smallest absolute Gasteiger partial charge is 0.217 e. The first kappa shape index (κ1) is 66.2. The Morgan fingerprint density at radius 1 is 0.395 bits per heavy atom. The van der Waals surface area contributed by atoms with Crippen molar-refractivity contribution < 1.29 is 168 Å². The summed E-state index contributed by atoms with van der Waals surface area (Å²) in [6, 6.07) is -3.49. The lowest BCUT2D eigenvalue weighted by Gasteiger charge is -2.51. The molecule has 7 aliphatic heterocycles. The SMILES string of the molecule is CC(=O)N[C@@H]1[C@@H](O[C@@H]2O[C@@H](C)[C@@H](O)[C@@H](O)[C@@H]2O)[C@H](O[C@@H]2O[C@H](CO)[C@@H](O[C@@H]3O[C@H](CO[C@H]4O[C@H](CO)[C@@H](O)[C@H](O[C@H]5O[C@H](CO)[C@@H](O)[C@H](O)[C@@H]5O)[C@@H]4O)[C@@H](O)[C@H](O)[C@@H]3O[C@@H]3OC[C@@H](O)[C@H](O)[C@H]3O)[C@H](O)[C@H]2NC(C)=O)[C@@H](CO)O[C@H]1O. The van der Waals surface area contributed by atoms with Crippen LogP contribution >= 0.6 is 0 Å². The van der Waals surface area contributed by atoms with Crippen molar-refractivity contribution in [1.82, 2.24) is 10.6 Å². The fourth-order valence-corrected chi connectivity index (χ4v) is 10.3. The van der Waals surface area contributed by atoms with Gasteiger partial charge in [-0.2, -0.15) is 0 Å².